The van der Waals surface area contributed by atoms with Gasteiger partial charge < -0.3 is 21.1 Å². The van der Waals surface area contributed by atoms with Crippen molar-refractivity contribution in [1.29, 1.82) is 0 Å². The molecule has 8 nitrogen and oxygen atoms in total. The number of thiophene rings is 1. The molecule has 1 atom stereocenters. The van der Waals surface area contributed by atoms with E-state index in [1.165, 1.54) is 6.07 Å². The van der Waals surface area contributed by atoms with E-state index in [4.69, 9.17) is 11.6 Å². The fourth-order valence-electron chi connectivity index (χ4n) is 4.81. The second kappa shape index (κ2) is 11.1. The van der Waals surface area contributed by atoms with Crippen LogP contribution in [-0.2, 0) is 11.3 Å². The standard InChI is InChI=1S/C28H26ClN3O5S/c29-24-9-8-23(38-24)27(35)31-13-17-2-1-3-20(28(36)37)25(17)32-26(34)16-6-7-18(21(12-16)15-4-5-15)19-10-11-30-14-22(19)33/h1-3,6-9,12,15,19,30H,4-5,10-11,13-14H2,(H,31,35)(H,32,34)(H,36,37). The van der Waals surface area contributed by atoms with Gasteiger partial charge in [0.25, 0.3) is 11.8 Å². The van der Waals surface area contributed by atoms with Crippen LogP contribution in [0, 0.1) is 0 Å². The van der Waals surface area contributed by atoms with Crippen molar-refractivity contribution in [3.8, 4) is 0 Å². The van der Waals surface area contributed by atoms with Gasteiger partial charge in [0.15, 0.2) is 5.78 Å². The number of para-hydroxylation sites is 1. The lowest BCUT2D eigenvalue weighted by Crippen LogP contribution is -2.36. The molecule has 1 aromatic heterocycles. The van der Waals surface area contributed by atoms with Gasteiger partial charge in [0.05, 0.1) is 27.0 Å². The summed E-state index contributed by atoms with van der Waals surface area (Å²) in [7, 11) is 0. The summed E-state index contributed by atoms with van der Waals surface area (Å²) in [6.45, 7) is 1.13. The van der Waals surface area contributed by atoms with Gasteiger partial charge in [-0.25, -0.2) is 4.79 Å². The third-order valence-electron chi connectivity index (χ3n) is 6.90. The SMILES string of the molecule is O=C(Nc1c(CNC(=O)c2ccc(Cl)s2)cccc1C(=O)O)c1ccc(C2CCNCC2=O)c(C2CC2)c1. The maximum Gasteiger partial charge on any atom is 0.337 e. The molecular formula is C28H26ClN3O5S. The zero-order valence-corrected chi connectivity index (χ0v) is 22.0. The van der Waals surface area contributed by atoms with Crippen LogP contribution in [0.25, 0.3) is 0 Å². The average Bonchev–Trinajstić information content (AvgIpc) is 3.67. The van der Waals surface area contributed by atoms with E-state index in [1.54, 1.807) is 30.3 Å². The molecule has 1 aliphatic carbocycles. The number of carboxylic acids is 1. The number of carbonyl (C=O) groups is 4. The number of amides is 2. The molecule has 1 aliphatic heterocycles. The Hall–Kier alpha value is -3.53. The smallest absolute Gasteiger partial charge is 0.337 e. The van der Waals surface area contributed by atoms with E-state index in [0.29, 0.717) is 32.8 Å². The first-order valence-corrected chi connectivity index (χ1v) is 13.6. The van der Waals surface area contributed by atoms with E-state index in [2.05, 4.69) is 16.0 Å². The molecule has 0 radical (unpaired) electrons. The number of ketones is 1. The summed E-state index contributed by atoms with van der Waals surface area (Å²) in [6, 6.07) is 13.3. The molecule has 10 heteroatoms. The highest BCUT2D eigenvalue weighted by Gasteiger charge is 2.32. The molecule has 1 saturated heterocycles. The first-order chi connectivity index (χ1) is 18.3. The molecule has 1 unspecified atom stereocenters. The number of piperidine rings is 1. The van der Waals surface area contributed by atoms with Gasteiger partial charge in [-0.2, -0.15) is 0 Å². The van der Waals surface area contributed by atoms with E-state index in [0.717, 1.165) is 48.3 Å². The average molecular weight is 552 g/mol. The van der Waals surface area contributed by atoms with Gasteiger partial charge in [-0.05, 0) is 78.7 Å². The Kier molecular flexibility index (Phi) is 7.60. The first-order valence-electron chi connectivity index (χ1n) is 12.4. The van der Waals surface area contributed by atoms with Crippen molar-refractivity contribution in [2.75, 3.05) is 18.4 Å². The zero-order chi connectivity index (χ0) is 26.8. The van der Waals surface area contributed by atoms with Crippen molar-refractivity contribution in [2.24, 2.45) is 0 Å². The van der Waals surface area contributed by atoms with E-state index in [1.807, 2.05) is 12.1 Å². The molecule has 2 aromatic carbocycles. The molecule has 3 aromatic rings. The van der Waals surface area contributed by atoms with E-state index in [-0.39, 0.29) is 35.4 Å². The number of anilines is 1. The molecule has 0 spiro atoms. The van der Waals surface area contributed by atoms with Gasteiger partial charge in [0.1, 0.15) is 0 Å². The largest absolute Gasteiger partial charge is 0.478 e. The fourth-order valence-corrected chi connectivity index (χ4v) is 5.77. The molecule has 38 heavy (non-hydrogen) atoms. The Bertz CT molecular complexity index is 1430. The lowest BCUT2D eigenvalue weighted by molar-refractivity contribution is -0.120. The van der Waals surface area contributed by atoms with Crippen LogP contribution in [-0.4, -0.2) is 41.8 Å². The Morgan fingerprint density at radius 2 is 1.84 bits per heavy atom. The van der Waals surface area contributed by atoms with E-state index in [9.17, 15) is 24.3 Å². The van der Waals surface area contributed by atoms with Gasteiger partial charge in [0, 0.05) is 18.0 Å². The van der Waals surface area contributed by atoms with Gasteiger partial charge in [-0.3, -0.25) is 14.4 Å². The monoisotopic (exact) mass is 551 g/mol. The van der Waals surface area contributed by atoms with Gasteiger partial charge in [-0.15, -0.1) is 11.3 Å². The van der Waals surface area contributed by atoms with Crippen molar-refractivity contribution < 1.29 is 24.3 Å². The molecule has 0 bridgehead atoms. The minimum Gasteiger partial charge on any atom is -0.478 e. The second-order valence-electron chi connectivity index (χ2n) is 9.49. The number of halogens is 1. The maximum absolute atomic E-state index is 13.4. The quantitative estimate of drug-likeness (QED) is 0.318. The number of aromatic carboxylic acids is 1. The summed E-state index contributed by atoms with van der Waals surface area (Å²) < 4.78 is 0.483. The summed E-state index contributed by atoms with van der Waals surface area (Å²) in [6.07, 6.45) is 2.75. The first kappa shape index (κ1) is 26.1. The Labute approximate surface area is 228 Å². The molecule has 4 N–H and O–H groups in total. The summed E-state index contributed by atoms with van der Waals surface area (Å²) in [4.78, 5) is 50.8. The number of rotatable bonds is 8. The van der Waals surface area contributed by atoms with Gasteiger partial charge in [0.2, 0.25) is 0 Å². The van der Waals surface area contributed by atoms with Crippen LogP contribution in [0.3, 0.4) is 0 Å². The summed E-state index contributed by atoms with van der Waals surface area (Å²) in [5.41, 5.74) is 2.89. The number of hydrogen-bond acceptors (Lipinski definition) is 6. The number of nitrogens with one attached hydrogen (secondary N) is 3. The summed E-state index contributed by atoms with van der Waals surface area (Å²) in [5, 5.41) is 18.4. The Balaban J connectivity index is 1.40. The van der Waals surface area contributed by atoms with Crippen LogP contribution in [0.1, 0.15) is 78.2 Å². The molecular weight excluding hydrogens is 526 g/mol. The summed E-state index contributed by atoms with van der Waals surface area (Å²) in [5.74, 6) is -1.70. The second-order valence-corrected chi connectivity index (χ2v) is 11.2. The highest BCUT2D eigenvalue weighted by atomic mass is 35.5. The molecule has 2 amide bonds. The minimum atomic E-state index is -1.20. The number of Topliss-reactive ketones (excluding diaryl/α,β-unsaturated/α-hetero) is 1. The van der Waals surface area contributed by atoms with Gasteiger partial charge >= 0.3 is 5.97 Å². The van der Waals surface area contributed by atoms with Crippen LogP contribution in [0.5, 0.6) is 0 Å². The minimum absolute atomic E-state index is 0.00910. The number of carbonyl (C=O) groups excluding carboxylic acids is 3. The fraction of sp³-hybridized carbons (Fsp3) is 0.286. The Morgan fingerprint density at radius 3 is 2.53 bits per heavy atom. The highest BCUT2D eigenvalue weighted by Crippen LogP contribution is 2.44. The molecule has 5 rings (SSSR count). The molecule has 1 saturated carbocycles. The van der Waals surface area contributed by atoms with E-state index < -0.39 is 11.9 Å². The van der Waals surface area contributed by atoms with Gasteiger partial charge in [-0.1, -0.05) is 29.8 Å². The number of carboxylic acid groups (broad SMARTS) is 1. The van der Waals surface area contributed by atoms with Crippen LogP contribution in [0.15, 0.2) is 48.5 Å². The lowest BCUT2D eigenvalue weighted by atomic mass is 9.84. The van der Waals surface area contributed by atoms with Crippen molar-refractivity contribution in [2.45, 2.75) is 37.6 Å². The molecule has 2 aliphatic rings. The van der Waals surface area contributed by atoms with Crippen molar-refractivity contribution in [1.82, 2.24) is 10.6 Å². The molecule has 196 valence electrons. The topological polar surface area (TPSA) is 125 Å². The third-order valence-corrected chi connectivity index (χ3v) is 8.13. The van der Waals surface area contributed by atoms with Crippen molar-refractivity contribution >= 4 is 52.2 Å². The van der Waals surface area contributed by atoms with Crippen LogP contribution < -0.4 is 16.0 Å². The normalized spacial score (nSPS) is 17.2. The number of hydrogen-bond donors (Lipinski definition) is 4. The maximum atomic E-state index is 13.4. The predicted octanol–water partition coefficient (Wildman–Crippen LogP) is 4.81. The number of benzene rings is 2. The Morgan fingerprint density at radius 1 is 1.03 bits per heavy atom. The highest BCUT2D eigenvalue weighted by molar-refractivity contribution is 7.18. The third kappa shape index (κ3) is 5.65. The van der Waals surface area contributed by atoms with Crippen molar-refractivity contribution in [3.05, 3.63) is 85.6 Å². The van der Waals surface area contributed by atoms with Crippen molar-refractivity contribution in [3.63, 3.8) is 0 Å². The van der Waals surface area contributed by atoms with Crippen LogP contribution in [0.4, 0.5) is 5.69 Å². The van der Waals surface area contributed by atoms with Crippen LogP contribution >= 0.6 is 22.9 Å². The lowest BCUT2D eigenvalue weighted by Gasteiger charge is -2.24. The van der Waals surface area contributed by atoms with Crippen LogP contribution in [0.2, 0.25) is 4.34 Å². The zero-order valence-electron chi connectivity index (χ0n) is 20.4. The predicted molar refractivity (Wildman–Crippen MR) is 146 cm³/mol. The van der Waals surface area contributed by atoms with E-state index >= 15 is 0 Å². The molecule has 2 fully saturated rings. The molecule has 2 heterocycles. The summed E-state index contributed by atoms with van der Waals surface area (Å²) >= 11 is 7.06.